The van der Waals surface area contributed by atoms with E-state index in [1.165, 1.54) is 25.3 Å². The van der Waals surface area contributed by atoms with Gasteiger partial charge in [0.05, 0.1) is 23.3 Å². The van der Waals surface area contributed by atoms with E-state index in [1.807, 2.05) is 0 Å². The molecule has 0 aromatic heterocycles. The summed E-state index contributed by atoms with van der Waals surface area (Å²) in [4.78, 5) is 36.2. The molecule has 0 unspecified atom stereocenters. The summed E-state index contributed by atoms with van der Waals surface area (Å²) in [5, 5.41) is 11.0. The number of ether oxygens (including phenoxy) is 1. The summed E-state index contributed by atoms with van der Waals surface area (Å²) in [6, 6.07) is 10.3. The maximum Gasteiger partial charge on any atom is 0.283 e. The number of imide groups is 1. The van der Waals surface area contributed by atoms with Crippen molar-refractivity contribution in [1.29, 1.82) is 0 Å². The van der Waals surface area contributed by atoms with Gasteiger partial charge in [0.1, 0.15) is 11.3 Å². The van der Waals surface area contributed by atoms with Gasteiger partial charge in [0.15, 0.2) is 0 Å². The number of methoxy groups -OCH3 is 1. The number of nitrogens with zero attached hydrogens (tertiary/aromatic N) is 2. The number of benzene rings is 2. The van der Waals surface area contributed by atoms with Crippen LogP contribution in [0.25, 0.3) is 0 Å². The number of hydrogen-bond donors (Lipinski definition) is 0. The third-order valence-corrected chi connectivity index (χ3v) is 3.42. The first-order valence-corrected chi connectivity index (χ1v) is 6.35. The minimum atomic E-state index is -0.697. The van der Waals surface area contributed by atoms with Crippen molar-refractivity contribution in [3.8, 4) is 5.75 Å². The average molecular weight is 298 g/mol. The summed E-state index contributed by atoms with van der Waals surface area (Å²) in [5.74, 6) is -0.697. The highest BCUT2D eigenvalue weighted by molar-refractivity contribution is 6.35. The zero-order valence-corrected chi connectivity index (χ0v) is 11.5. The van der Waals surface area contributed by atoms with Crippen LogP contribution in [-0.4, -0.2) is 23.8 Å². The van der Waals surface area contributed by atoms with Gasteiger partial charge in [-0.1, -0.05) is 6.07 Å². The molecule has 110 valence electrons. The number of rotatable bonds is 3. The molecule has 7 heteroatoms. The van der Waals surface area contributed by atoms with Crippen LogP contribution in [0, 0.1) is 10.1 Å². The Morgan fingerprint density at radius 1 is 1.05 bits per heavy atom. The molecule has 3 rings (SSSR count). The zero-order valence-electron chi connectivity index (χ0n) is 11.5. The fourth-order valence-electron chi connectivity index (χ4n) is 2.39. The Bertz CT molecular complexity index is 798. The first-order valence-electron chi connectivity index (χ1n) is 6.35. The monoisotopic (exact) mass is 298 g/mol. The van der Waals surface area contributed by atoms with E-state index >= 15 is 0 Å². The molecule has 0 radical (unpaired) electrons. The van der Waals surface area contributed by atoms with Crippen molar-refractivity contribution < 1.29 is 19.2 Å². The topological polar surface area (TPSA) is 89.8 Å². The van der Waals surface area contributed by atoms with Crippen LogP contribution in [0.1, 0.15) is 20.7 Å². The van der Waals surface area contributed by atoms with Crippen LogP contribution in [0.4, 0.5) is 11.4 Å². The molecule has 0 bridgehead atoms. The largest absolute Gasteiger partial charge is 0.497 e. The van der Waals surface area contributed by atoms with Crippen LogP contribution in [-0.2, 0) is 0 Å². The smallest absolute Gasteiger partial charge is 0.283 e. The molecular weight excluding hydrogens is 288 g/mol. The SMILES string of the molecule is COc1ccc(N2C(=O)c3cccc([N+](=O)[O-])c3C2=O)cc1. The second-order valence-corrected chi connectivity index (χ2v) is 4.60. The Labute approximate surface area is 124 Å². The number of amides is 2. The predicted octanol–water partition coefficient (Wildman–Crippen LogP) is 2.40. The molecule has 0 N–H and O–H groups in total. The molecule has 22 heavy (non-hydrogen) atoms. The molecule has 2 aromatic rings. The molecule has 0 saturated carbocycles. The van der Waals surface area contributed by atoms with E-state index in [1.54, 1.807) is 24.3 Å². The Morgan fingerprint density at radius 3 is 2.32 bits per heavy atom. The minimum absolute atomic E-state index is 0.0371. The number of anilines is 1. The van der Waals surface area contributed by atoms with Gasteiger partial charge in [-0.15, -0.1) is 0 Å². The first kappa shape index (κ1) is 13.7. The van der Waals surface area contributed by atoms with Gasteiger partial charge in [0, 0.05) is 6.07 Å². The van der Waals surface area contributed by atoms with Gasteiger partial charge in [0.2, 0.25) is 0 Å². The van der Waals surface area contributed by atoms with Crippen molar-refractivity contribution in [3.05, 3.63) is 63.7 Å². The van der Waals surface area contributed by atoms with Gasteiger partial charge in [0.25, 0.3) is 17.5 Å². The van der Waals surface area contributed by atoms with Crippen molar-refractivity contribution in [1.82, 2.24) is 0 Å². The lowest BCUT2D eigenvalue weighted by atomic mass is 10.1. The van der Waals surface area contributed by atoms with Gasteiger partial charge >= 0.3 is 0 Å². The van der Waals surface area contributed by atoms with Crippen molar-refractivity contribution in [2.45, 2.75) is 0 Å². The van der Waals surface area contributed by atoms with E-state index in [2.05, 4.69) is 0 Å². The third-order valence-electron chi connectivity index (χ3n) is 3.42. The van der Waals surface area contributed by atoms with Crippen LogP contribution < -0.4 is 9.64 Å². The summed E-state index contributed by atoms with van der Waals surface area (Å²) in [7, 11) is 1.50. The Balaban J connectivity index is 2.10. The Morgan fingerprint density at radius 2 is 1.73 bits per heavy atom. The molecule has 0 saturated heterocycles. The van der Waals surface area contributed by atoms with Gasteiger partial charge in [-0.3, -0.25) is 19.7 Å². The number of carbonyl (C=O) groups is 2. The van der Waals surface area contributed by atoms with E-state index in [-0.39, 0.29) is 16.8 Å². The van der Waals surface area contributed by atoms with Gasteiger partial charge in [-0.05, 0) is 30.3 Å². The number of fused-ring (bicyclic) bond motifs is 1. The molecule has 2 amide bonds. The number of nitro groups is 1. The molecule has 1 aliphatic heterocycles. The molecule has 0 spiro atoms. The normalized spacial score (nSPS) is 13.2. The zero-order chi connectivity index (χ0) is 15.9. The molecule has 7 nitrogen and oxygen atoms in total. The second kappa shape index (κ2) is 4.96. The van der Waals surface area contributed by atoms with Gasteiger partial charge in [-0.2, -0.15) is 0 Å². The van der Waals surface area contributed by atoms with Crippen molar-refractivity contribution in [3.63, 3.8) is 0 Å². The van der Waals surface area contributed by atoms with E-state index in [0.717, 1.165) is 4.90 Å². The van der Waals surface area contributed by atoms with Crippen LogP contribution in [0.5, 0.6) is 5.75 Å². The molecule has 2 aromatic carbocycles. The molecule has 0 atom stereocenters. The molecule has 0 aliphatic carbocycles. The standard InChI is InChI=1S/C15H10N2O5/c1-22-10-7-5-9(6-8-10)16-14(18)11-3-2-4-12(17(20)21)13(11)15(16)19/h2-8H,1H3. The maximum atomic E-state index is 12.5. The number of nitro benzene ring substituents is 1. The summed E-state index contributed by atoms with van der Waals surface area (Å²) in [6.45, 7) is 0. The lowest BCUT2D eigenvalue weighted by molar-refractivity contribution is -0.385. The highest BCUT2D eigenvalue weighted by atomic mass is 16.6. The number of hydrogen-bond acceptors (Lipinski definition) is 5. The Hall–Kier alpha value is -3.22. The first-order chi connectivity index (χ1) is 10.5. The lowest BCUT2D eigenvalue weighted by Gasteiger charge is -2.13. The van der Waals surface area contributed by atoms with E-state index < -0.39 is 16.7 Å². The van der Waals surface area contributed by atoms with Crippen LogP contribution >= 0.6 is 0 Å². The van der Waals surface area contributed by atoms with Crippen molar-refractivity contribution >= 4 is 23.2 Å². The predicted molar refractivity (Wildman–Crippen MR) is 77.2 cm³/mol. The highest BCUT2D eigenvalue weighted by Crippen LogP contribution is 2.34. The van der Waals surface area contributed by atoms with E-state index in [4.69, 9.17) is 4.74 Å². The second-order valence-electron chi connectivity index (χ2n) is 4.60. The quantitative estimate of drug-likeness (QED) is 0.493. The summed E-state index contributed by atoms with van der Waals surface area (Å²) < 4.78 is 5.02. The molecular formula is C15H10N2O5. The van der Waals surface area contributed by atoms with E-state index in [9.17, 15) is 19.7 Å². The minimum Gasteiger partial charge on any atom is -0.497 e. The fourth-order valence-corrected chi connectivity index (χ4v) is 2.39. The summed E-state index contributed by atoms with van der Waals surface area (Å²) in [5.41, 5.74) is -0.170. The molecule has 1 heterocycles. The van der Waals surface area contributed by atoms with Gasteiger partial charge < -0.3 is 4.74 Å². The lowest BCUT2D eigenvalue weighted by Crippen LogP contribution is -2.29. The number of carbonyl (C=O) groups excluding carboxylic acids is 2. The van der Waals surface area contributed by atoms with Crippen LogP contribution in [0.3, 0.4) is 0 Å². The van der Waals surface area contributed by atoms with Gasteiger partial charge in [-0.25, -0.2) is 4.90 Å². The van der Waals surface area contributed by atoms with Crippen molar-refractivity contribution in [2.75, 3.05) is 12.0 Å². The highest BCUT2D eigenvalue weighted by Gasteiger charge is 2.41. The van der Waals surface area contributed by atoms with Crippen LogP contribution in [0.15, 0.2) is 42.5 Å². The summed E-state index contributed by atoms with van der Waals surface area (Å²) >= 11 is 0. The average Bonchev–Trinajstić information content (AvgIpc) is 2.79. The maximum absolute atomic E-state index is 12.5. The third kappa shape index (κ3) is 1.91. The van der Waals surface area contributed by atoms with Crippen molar-refractivity contribution in [2.24, 2.45) is 0 Å². The molecule has 0 fully saturated rings. The Kier molecular flexibility index (Phi) is 3.10. The fraction of sp³-hybridized carbons (Fsp3) is 0.0667. The van der Waals surface area contributed by atoms with Crippen LogP contribution in [0.2, 0.25) is 0 Å². The van der Waals surface area contributed by atoms with E-state index in [0.29, 0.717) is 11.4 Å². The molecule has 1 aliphatic rings. The summed E-state index contributed by atoms with van der Waals surface area (Å²) in [6.07, 6.45) is 0.